The van der Waals surface area contributed by atoms with E-state index in [9.17, 15) is 4.79 Å². The van der Waals surface area contributed by atoms with Gasteiger partial charge < -0.3 is 13.9 Å². The fraction of sp³-hybridized carbons (Fsp3) is 0.591. The van der Waals surface area contributed by atoms with Crippen LogP contribution >= 0.6 is 0 Å². The van der Waals surface area contributed by atoms with E-state index in [2.05, 4.69) is 39.8 Å². The van der Waals surface area contributed by atoms with E-state index in [1.165, 1.54) is 18.7 Å². The van der Waals surface area contributed by atoms with Crippen molar-refractivity contribution in [1.82, 2.24) is 0 Å². The largest absolute Gasteiger partial charge is 0.466 e. The Bertz CT molecular complexity index is 546. The Morgan fingerprint density at radius 2 is 1.74 bits per heavy atom. The molecule has 0 unspecified atom stereocenters. The van der Waals surface area contributed by atoms with Gasteiger partial charge in [-0.05, 0) is 36.0 Å². The van der Waals surface area contributed by atoms with E-state index >= 15 is 0 Å². The van der Waals surface area contributed by atoms with Gasteiger partial charge in [0.25, 0.3) is 0 Å². The summed E-state index contributed by atoms with van der Waals surface area (Å²) in [6.07, 6.45) is 4.26. The summed E-state index contributed by atoms with van der Waals surface area (Å²) >= 11 is 0. The lowest BCUT2D eigenvalue weighted by atomic mass is 10.0. The molecule has 1 aromatic carbocycles. The molecular weight excluding hydrogens is 356 g/mol. The van der Waals surface area contributed by atoms with Crippen LogP contribution in [0.15, 0.2) is 42.5 Å². The molecule has 0 aromatic heterocycles. The summed E-state index contributed by atoms with van der Waals surface area (Å²) in [5, 5.41) is 0. The van der Waals surface area contributed by atoms with Crippen molar-refractivity contribution in [3.05, 3.63) is 48.0 Å². The molecule has 27 heavy (non-hydrogen) atoms. The Hall–Kier alpha value is -1.43. The van der Waals surface area contributed by atoms with E-state index in [4.69, 9.17) is 13.9 Å². The average molecular weight is 393 g/mol. The summed E-state index contributed by atoms with van der Waals surface area (Å²) in [7, 11) is -0.343. The number of benzene rings is 1. The lowest BCUT2D eigenvalue weighted by Gasteiger charge is -2.35. The lowest BCUT2D eigenvalue weighted by molar-refractivity contribution is -0.134. The van der Waals surface area contributed by atoms with Gasteiger partial charge in [0.05, 0.1) is 19.8 Å². The summed E-state index contributed by atoms with van der Waals surface area (Å²) in [6, 6.07) is 13.5. The fourth-order valence-corrected chi connectivity index (χ4v) is 6.11. The molecule has 0 spiro atoms. The molecular formula is C22H36O4Si. The first-order valence-electron chi connectivity index (χ1n) is 10.1. The van der Waals surface area contributed by atoms with Crippen molar-refractivity contribution in [1.29, 1.82) is 0 Å². The number of ether oxygens (including phenoxy) is 2. The SMILES string of the molecule is CC[Si](CC)(CC)O[C@H](CCOCc1ccccc1)[C@@H](C)/C=C/C(=O)OC. The molecule has 5 heteroatoms. The van der Waals surface area contributed by atoms with Crippen LogP contribution in [0.3, 0.4) is 0 Å². The van der Waals surface area contributed by atoms with E-state index < -0.39 is 8.32 Å². The van der Waals surface area contributed by atoms with Gasteiger partial charge in [-0.1, -0.05) is 64.1 Å². The fourth-order valence-electron chi connectivity index (χ4n) is 3.14. The van der Waals surface area contributed by atoms with Crippen LogP contribution in [0.4, 0.5) is 0 Å². The second-order valence-electron chi connectivity index (χ2n) is 6.97. The van der Waals surface area contributed by atoms with Crippen molar-refractivity contribution in [2.24, 2.45) is 5.92 Å². The molecule has 0 fully saturated rings. The normalized spacial score (nSPS) is 14.3. The quantitative estimate of drug-likeness (QED) is 0.196. The van der Waals surface area contributed by atoms with Crippen LogP contribution < -0.4 is 0 Å². The number of carbonyl (C=O) groups excluding carboxylic acids is 1. The highest BCUT2D eigenvalue weighted by Crippen LogP contribution is 2.27. The predicted molar refractivity (Wildman–Crippen MR) is 113 cm³/mol. The molecule has 0 N–H and O–H groups in total. The third-order valence-electron chi connectivity index (χ3n) is 5.32. The van der Waals surface area contributed by atoms with Gasteiger partial charge in [0.2, 0.25) is 0 Å². The lowest BCUT2D eigenvalue weighted by Crippen LogP contribution is -2.42. The van der Waals surface area contributed by atoms with Gasteiger partial charge in [0.15, 0.2) is 8.32 Å². The van der Waals surface area contributed by atoms with Crippen molar-refractivity contribution in [3.8, 4) is 0 Å². The molecule has 0 saturated heterocycles. The number of esters is 1. The summed E-state index contributed by atoms with van der Waals surface area (Å²) in [5.74, 6) is -0.202. The Morgan fingerprint density at radius 1 is 1.11 bits per heavy atom. The van der Waals surface area contributed by atoms with Crippen molar-refractivity contribution >= 4 is 14.3 Å². The van der Waals surface area contributed by atoms with Gasteiger partial charge >= 0.3 is 5.97 Å². The third kappa shape index (κ3) is 8.41. The molecule has 0 aliphatic carbocycles. The third-order valence-corrected chi connectivity index (χ3v) is 9.98. The minimum atomic E-state index is -1.74. The van der Waals surface area contributed by atoms with Crippen LogP contribution in [0.2, 0.25) is 18.1 Å². The Morgan fingerprint density at radius 3 is 2.30 bits per heavy atom. The van der Waals surface area contributed by atoms with E-state index in [1.807, 2.05) is 24.3 Å². The van der Waals surface area contributed by atoms with Crippen LogP contribution in [-0.4, -0.2) is 34.1 Å². The molecule has 2 atom stereocenters. The molecule has 0 bridgehead atoms. The molecule has 0 saturated carbocycles. The summed E-state index contributed by atoms with van der Waals surface area (Å²) in [5.41, 5.74) is 1.17. The number of carbonyl (C=O) groups is 1. The molecule has 4 nitrogen and oxygen atoms in total. The van der Waals surface area contributed by atoms with E-state index in [-0.39, 0.29) is 18.0 Å². The van der Waals surface area contributed by atoms with Crippen molar-refractivity contribution < 1.29 is 18.7 Å². The molecule has 0 heterocycles. The highest BCUT2D eigenvalue weighted by Gasteiger charge is 2.33. The zero-order valence-electron chi connectivity index (χ0n) is 17.6. The Labute approximate surface area is 166 Å². The van der Waals surface area contributed by atoms with E-state index in [0.717, 1.165) is 24.6 Å². The first-order chi connectivity index (χ1) is 13.0. The molecule has 0 amide bonds. The highest BCUT2D eigenvalue weighted by molar-refractivity contribution is 6.73. The number of hydrogen-bond acceptors (Lipinski definition) is 4. The zero-order valence-corrected chi connectivity index (χ0v) is 18.6. The number of hydrogen-bond donors (Lipinski definition) is 0. The van der Waals surface area contributed by atoms with Crippen molar-refractivity contribution in [2.75, 3.05) is 13.7 Å². The number of methoxy groups -OCH3 is 1. The second kappa shape index (κ2) is 12.9. The molecule has 0 aliphatic rings. The van der Waals surface area contributed by atoms with E-state index in [0.29, 0.717) is 13.2 Å². The average Bonchev–Trinajstić information content (AvgIpc) is 2.72. The van der Waals surface area contributed by atoms with Gasteiger partial charge in [0.1, 0.15) is 0 Å². The topological polar surface area (TPSA) is 44.8 Å². The molecule has 0 radical (unpaired) electrons. The second-order valence-corrected chi connectivity index (χ2v) is 11.7. The molecule has 1 aromatic rings. The van der Waals surface area contributed by atoms with Gasteiger partial charge in [-0.3, -0.25) is 0 Å². The minimum absolute atomic E-state index is 0.0493. The standard InChI is InChI=1S/C22H36O4Si/c1-6-27(7-2,8-3)26-21(19(4)14-15-22(23)24-5)16-17-25-18-20-12-10-9-11-13-20/h9-15,19,21H,6-8,16-18H2,1-5H3/b15-14+/t19-,21+/m0/s1. The highest BCUT2D eigenvalue weighted by atomic mass is 28.4. The first-order valence-corrected chi connectivity index (χ1v) is 12.6. The van der Waals surface area contributed by atoms with E-state index in [1.54, 1.807) is 0 Å². The molecule has 152 valence electrons. The minimum Gasteiger partial charge on any atom is -0.466 e. The Kier molecular flexibility index (Phi) is 11.2. The maximum absolute atomic E-state index is 11.4. The Balaban J connectivity index is 2.70. The van der Waals surface area contributed by atoms with Crippen LogP contribution in [0.1, 0.15) is 39.7 Å². The smallest absolute Gasteiger partial charge is 0.330 e. The molecule has 0 aliphatic heterocycles. The summed E-state index contributed by atoms with van der Waals surface area (Å²) in [6.45, 7) is 10.0. The van der Waals surface area contributed by atoms with Crippen LogP contribution in [0, 0.1) is 5.92 Å². The maximum atomic E-state index is 11.4. The van der Waals surface area contributed by atoms with Crippen molar-refractivity contribution in [3.63, 3.8) is 0 Å². The summed E-state index contributed by atoms with van der Waals surface area (Å²) < 4.78 is 17.3. The summed E-state index contributed by atoms with van der Waals surface area (Å²) in [4.78, 5) is 11.4. The van der Waals surface area contributed by atoms with Crippen LogP contribution in [-0.2, 0) is 25.3 Å². The van der Waals surface area contributed by atoms with Gasteiger partial charge in [-0.2, -0.15) is 0 Å². The monoisotopic (exact) mass is 392 g/mol. The van der Waals surface area contributed by atoms with Crippen LogP contribution in [0.5, 0.6) is 0 Å². The molecule has 1 rings (SSSR count). The maximum Gasteiger partial charge on any atom is 0.330 e. The predicted octanol–water partition coefficient (Wildman–Crippen LogP) is 5.35. The van der Waals surface area contributed by atoms with Crippen molar-refractivity contribution in [2.45, 2.75) is 65.0 Å². The number of rotatable bonds is 13. The van der Waals surface area contributed by atoms with Crippen LogP contribution in [0.25, 0.3) is 0 Å². The van der Waals surface area contributed by atoms with Gasteiger partial charge in [-0.15, -0.1) is 0 Å². The van der Waals surface area contributed by atoms with Gasteiger partial charge in [-0.25, -0.2) is 4.79 Å². The first kappa shape index (κ1) is 23.6. The zero-order chi connectivity index (χ0) is 20.1. The van der Waals surface area contributed by atoms with Gasteiger partial charge in [0, 0.05) is 12.7 Å².